The molecule has 2 aliphatic rings. The van der Waals surface area contributed by atoms with Gasteiger partial charge in [-0.05, 0) is 70.5 Å². The van der Waals surface area contributed by atoms with Gasteiger partial charge in [-0.3, -0.25) is 9.89 Å². The standard InChI is InChI=1S/C22H35FN4O/c1-2-24-22(26-19-7-9-20(28)10-8-19)25-15-17-11-13-27(14-12-17)16-18-5-3-4-6-21(18)23/h3-6,17,19-20,28H,2,7-16H2,1H3,(H2,24,25,26). The van der Waals surface area contributed by atoms with E-state index in [0.29, 0.717) is 18.5 Å². The second-order valence-corrected chi connectivity index (χ2v) is 8.18. The second kappa shape index (κ2) is 10.8. The number of aliphatic hydroxyl groups excluding tert-OH is 1. The van der Waals surface area contributed by atoms with Gasteiger partial charge in [-0.1, -0.05) is 18.2 Å². The fraction of sp³-hybridized carbons (Fsp3) is 0.682. The van der Waals surface area contributed by atoms with Crippen molar-refractivity contribution in [1.82, 2.24) is 15.5 Å². The fourth-order valence-corrected chi connectivity index (χ4v) is 4.15. The monoisotopic (exact) mass is 390 g/mol. The Morgan fingerprint density at radius 1 is 1.14 bits per heavy atom. The van der Waals surface area contributed by atoms with E-state index in [4.69, 9.17) is 4.99 Å². The molecule has 0 radical (unpaired) electrons. The summed E-state index contributed by atoms with van der Waals surface area (Å²) in [5, 5.41) is 16.6. The molecule has 0 bridgehead atoms. The lowest BCUT2D eigenvalue weighted by Crippen LogP contribution is -2.45. The Bertz CT molecular complexity index is 623. The Morgan fingerprint density at radius 3 is 2.54 bits per heavy atom. The number of hydrogen-bond acceptors (Lipinski definition) is 3. The third-order valence-corrected chi connectivity index (χ3v) is 5.95. The zero-order valence-corrected chi connectivity index (χ0v) is 17.0. The van der Waals surface area contributed by atoms with E-state index in [9.17, 15) is 9.50 Å². The molecular formula is C22H35FN4O. The van der Waals surface area contributed by atoms with Gasteiger partial charge in [0.1, 0.15) is 5.82 Å². The molecule has 0 amide bonds. The first-order valence-corrected chi connectivity index (χ1v) is 10.8. The highest BCUT2D eigenvalue weighted by Crippen LogP contribution is 2.21. The number of halogens is 1. The van der Waals surface area contributed by atoms with Crippen molar-refractivity contribution < 1.29 is 9.50 Å². The van der Waals surface area contributed by atoms with Gasteiger partial charge in [0.05, 0.1) is 6.10 Å². The van der Waals surface area contributed by atoms with Crippen molar-refractivity contribution in [2.24, 2.45) is 10.9 Å². The smallest absolute Gasteiger partial charge is 0.191 e. The van der Waals surface area contributed by atoms with Gasteiger partial charge in [-0.25, -0.2) is 4.39 Å². The molecule has 0 spiro atoms. The average molecular weight is 391 g/mol. The summed E-state index contributed by atoms with van der Waals surface area (Å²) in [6.45, 7) is 6.46. The second-order valence-electron chi connectivity index (χ2n) is 8.18. The van der Waals surface area contributed by atoms with Crippen LogP contribution >= 0.6 is 0 Å². The van der Waals surface area contributed by atoms with Crippen LogP contribution in [0.15, 0.2) is 29.3 Å². The summed E-state index contributed by atoms with van der Waals surface area (Å²) >= 11 is 0. The predicted molar refractivity (Wildman–Crippen MR) is 112 cm³/mol. The van der Waals surface area contributed by atoms with Gasteiger partial charge in [0, 0.05) is 31.2 Å². The van der Waals surface area contributed by atoms with Crippen molar-refractivity contribution in [2.45, 2.75) is 64.1 Å². The van der Waals surface area contributed by atoms with Gasteiger partial charge < -0.3 is 15.7 Å². The number of aliphatic hydroxyl groups is 1. The molecule has 28 heavy (non-hydrogen) atoms. The minimum atomic E-state index is -0.132. The quantitative estimate of drug-likeness (QED) is 0.516. The van der Waals surface area contributed by atoms with Crippen molar-refractivity contribution >= 4 is 5.96 Å². The van der Waals surface area contributed by atoms with E-state index >= 15 is 0 Å². The maximum absolute atomic E-state index is 13.8. The highest BCUT2D eigenvalue weighted by Gasteiger charge is 2.22. The number of hydrogen-bond donors (Lipinski definition) is 3. The summed E-state index contributed by atoms with van der Waals surface area (Å²) in [6, 6.07) is 7.48. The predicted octanol–water partition coefficient (Wildman–Crippen LogP) is 2.90. The number of benzene rings is 1. The summed E-state index contributed by atoms with van der Waals surface area (Å²) in [4.78, 5) is 7.17. The summed E-state index contributed by atoms with van der Waals surface area (Å²) < 4.78 is 13.8. The molecule has 3 rings (SSSR count). The largest absolute Gasteiger partial charge is 0.393 e. The van der Waals surface area contributed by atoms with Gasteiger partial charge in [0.2, 0.25) is 0 Å². The average Bonchev–Trinajstić information content (AvgIpc) is 2.71. The van der Waals surface area contributed by atoms with Crippen LogP contribution in [0.5, 0.6) is 0 Å². The number of guanidine groups is 1. The van der Waals surface area contributed by atoms with Crippen LogP contribution in [-0.4, -0.2) is 54.3 Å². The number of nitrogens with one attached hydrogen (secondary N) is 2. The topological polar surface area (TPSA) is 59.9 Å². The lowest BCUT2D eigenvalue weighted by Gasteiger charge is -2.31. The number of rotatable bonds is 6. The minimum absolute atomic E-state index is 0.106. The number of likely N-dealkylation sites (tertiary alicyclic amines) is 1. The lowest BCUT2D eigenvalue weighted by molar-refractivity contribution is 0.120. The number of nitrogens with zero attached hydrogens (tertiary/aromatic N) is 2. The highest BCUT2D eigenvalue weighted by atomic mass is 19.1. The van der Waals surface area contributed by atoms with Crippen molar-refractivity contribution in [3.63, 3.8) is 0 Å². The molecule has 1 aromatic carbocycles. The molecule has 1 saturated carbocycles. The van der Waals surface area contributed by atoms with Crippen LogP contribution in [-0.2, 0) is 6.54 Å². The SMILES string of the molecule is CCNC(=NCC1CCN(Cc2ccccc2F)CC1)NC1CCC(O)CC1. The van der Waals surface area contributed by atoms with Gasteiger partial charge in [-0.2, -0.15) is 0 Å². The Morgan fingerprint density at radius 2 is 1.86 bits per heavy atom. The van der Waals surface area contributed by atoms with E-state index < -0.39 is 0 Å². The first-order chi connectivity index (χ1) is 13.6. The Kier molecular flexibility index (Phi) is 8.10. The molecule has 1 aliphatic heterocycles. The minimum Gasteiger partial charge on any atom is -0.393 e. The van der Waals surface area contributed by atoms with E-state index in [1.54, 1.807) is 12.1 Å². The molecular weight excluding hydrogens is 355 g/mol. The zero-order valence-electron chi connectivity index (χ0n) is 17.0. The molecule has 5 nitrogen and oxygen atoms in total. The Labute approximate surface area is 168 Å². The van der Waals surface area contributed by atoms with Crippen LogP contribution in [0.2, 0.25) is 0 Å². The molecule has 1 aliphatic carbocycles. The van der Waals surface area contributed by atoms with Crippen molar-refractivity contribution in [1.29, 1.82) is 0 Å². The molecule has 0 aromatic heterocycles. The molecule has 0 atom stereocenters. The van der Waals surface area contributed by atoms with Gasteiger partial charge in [0.15, 0.2) is 5.96 Å². The van der Waals surface area contributed by atoms with Crippen LogP contribution in [0.1, 0.15) is 51.0 Å². The first kappa shape index (κ1) is 21.1. The van der Waals surface area contributed by atoms with E-state index in [1.807, 2.05) is 12.1 Å². The third kappa shape index (κ3) is 6.45. The third-order valence-electron chi connectivity index (χ3n) is 5.95. The van der Waals surface area contributed by atoms with E-state index in [2.05, 4.69) is 22.5 Å². The highest BCUT2D eigenvalue weighted by molar-refractivity contribution is 5.80. The normalized spacial score (nSPS) is 24.9. The van der Waals surface area contributed by atoms with Crippen molar-refractivity contribution in [2.75, 3.05) is 26.2 Å². The maximum atomic E-state index is 13.8. The van der Waals surface area contributed by atoms with Crippen molar-refractivity contribution in [3.05, 3.63) is 35.6 Å². The molecule has 3 N–H and O–H groups in total. The van der Waals surface area contributed by atoms with Crippen molar-refractivity contribution in [3.8, 4) is 0 Å². The van der Waals surface area contributed by atoms with Crippen LogP contribution < -0.4 is 10.6 Å². The molecule has 1 heterocycles. The number of aliphatic imine (C=N–C) groups is 1. The van der Waals surface area contributed by atoms with E-state index in [1.165, 1.54) is 0 Å². The van der Waals surface area contributed by atoms with Crippen LogP contribution in [0.25, 0.3) is 0 Å². The summed E-state index contributed by atoms with van der Waals surface area (Å²) in [5.41, 5.74) is 0.787. The summed E-state index contributed by atoms with van der Waals surface area (Å²) in [5.74, 6) is 1.38. The summed E-state index contributed by atoms with van der Waals surface area (Å²) in [7, 11) is 0. The Balaban J connectivity index is 1.43. The molecule has 1 aromatic rings. The van der Waals surface area contributed by atoms with Crippen LogP contribution in [0, 0.1) is 11.7 Å². The fourth-order valence-electron chi connectivity index (χ4n) is 4.15. The molecule has 2 fully saturated rings. The van der Waals surface area contributed by atoms with Crippen LogP contribution in [0.3, 0.4) is 0 Å². The molecule has 156 valence electrons. The maximum Gasteiger partial charge on any atom is 0.191 e. The summed E-state index contributed by atoms with van der Waals surface area (Å²) in [6.07, 6.45) is 5.82. The molecule has 1 saturated heterocycles. The van der Waals surface area contributed by atoms with Gasteiger partial charge >= 0.3 is 0 Å². The first-order valence-electron chi connectivity index (χ1n) is 10.8. The lowest BCUT2D eigenvalue weighted by atomic mass is 9.93. The molecule has 0 unspecified atom stereocenters. The zero-order chi connectivity index (χ0) is 19.8. The van der Waals surface area contributed by atoms with E-state index in [-0.39, 0.29) is 11.9 Å². The number of piperidine rings is 1. The Hall–Kier alpha value is -1.66. The molecule has 6 heteroatoms. The van der Waals surface area contributed by atoms with Gasteiger partial charge in [0.25, 0.3) is 0 Å². The van der Waals surface area contributed by atoms with Gasteiger partial charge in [-0.15, -0.1) is 0 Å². The van der Waals surface area contributed by atoms with E-state index in [0.717, 1.165) is 76.2 Å². The van der Waals surface area contributed by atoms with Crippen LogP contribution in [0.4, 0.5) is 4.39 Å².